The fourth-order valence-electron chi connectivity index (χ4n) is 4.01. The Morgan fingerprint density at radius 2 is 2.00 bits per heavy atom. The summed E-state index contributed by atoms with van der Waals surface area (Å²) in [6.45, 7) is 2.19. The molecule has 8 nitrogen and oxygen atoms in total. The van der Waals surface area contributed by atoms with Crippen LogP contribution in [-0.4, -0.2) is 32.0 Å². The number of fused-ring (bicyclic) bond motifs is 1. The minimum absolute atomic E-state index is 0.0926. The van der Waals surface area contributed by atoms with Crippen LogP contribution in [-0.2, 0) is 17.8 Å². The van der Waals surface area contributed by atoms with Crippen molar-refractivity contribution >= 4 is 22.6 Å². The molecule has 4 aromatic rings. The topological polar surface area (TPSA) is 102 Å². The highest BCUT2D eigenvalue weighted by atomic mass is 16.2. The molecule has 0 spiro atoms. The molecule has 8 heteroatoms. The molecule has 1 unspecified atom stereocenters. The number of hydrogen-bond donors (Lipinski definition) is 2. The van der Waals surface area contributed by atoms with Gasteiger partial charge in [0.1, 0.15) is 6.54 Å². The monoisotopic (exact) mass is 426 g/mol. The number of nitrogens with one attached hydrogen (secondary N) is 2. The van der Waals surface area contributed by atoms with Gasteiger partial charge in [0.2, 0.25) is 5.91 Å². The van der Waals surface area contributed by atoms with Gasteiger partial charge in [-0.25, -0.2) is 4.98 Å². The van der Waals surface area contributed by atoms with E-state index in [9.17, 15) is 9.59 Å². The van der Waals surface area contributed by atoms with Crippen molar-refractivity contribution in [2.45, 2.75) is 25.9 Å². The van der Waals surface area contributed by atoms with Crippen LogP contribution in [0.2, 0.25) is 0 Å². The van der Waals surface area contributed by atoms with Crippen LogP contribution in [0.5, 0.6) is 0 Å². The van der Waals surface area contributed by atoms with E-state index in [1.54, 1.807) is 19.3 Å². The van der Waals surface area contributed by atoms with Gasteiger partial charge in [-0.3, -0.25) is 24.1 Å². The summed E-state index contributed by atoms with van der Waals surface area (Å²) in [5, 5.41) is 7.13. The van der Waals surface area contributed by atoms with Crippen molar-refractivity contribution in [3.63, 3.8) is 0 Å². The zero-order chi connectivity index (χ0) is 22.1. The van der Waals surface area contributed by atoms with E-state index in [1.807, 2.05) is 48.5 Å². The maximum atomic E-state index is 12.9. The molecule has 2 aliphatic rings. The summed E-state index contributed by atoms with van der Waals surface area (Å²) >= 11 is 0. The minimum Gasteiger partial charge on any atom is -0.365 e. The van der Waals surface area contributed by atoms with Gasteiger partial charge in [-0.1, -0.05) is 24.3 Å². The first-order valence-electron chi connectivity index (χ1n) is 10.5. The molecule has 3 aromatic heterocycles. The van der Waals surface area contributed by atoms with E-state index in [1.165, 1.54) is 4.57 Å². The number of pyridine rings is 2. The standard InChI is InChI=1S/C24H22N6O2/c1-15-13-27-23(26-12-10-16-5-2-3-11-25-16)24(32)30(15)14-21(31)29-22-18-6-4-7-19-17(18)8-9-20(22)28-19/h2-9,11,13,22H,10,12,14H2,1H3,(H,26,27)(H,29,31). The number of carbonyl (C=O) groups excluding carboxylic acids is 1. The second-order valence-electron chi connectivity index (χ2n) is 7.79. The average Bonchev–Trinajstić information content (AvgIpc) is 2.81. The van der Waals surface area contributed by atoms with Crippen LogP contribution in [0.4, 0.5) is 5.82 Å². The van der Waals surface area contributed by atoms with E-state index in [-0.39, 0.29) is 29.9 Å². The smallest absolute Gasteiger partial charge is 0.293 e. The SMILES string of the molecule is Cc1cnc(NCCc2ccccn2)c(=O)n1CC(=O)NC1c2ccc3c1cccc3n2. The molecule has 6 rings (SSSR count). The number of rotatable bonds is 7. The van der Waals surface area contributed by atoms with Crippen LogP contribution >= 0.6 is 0 Å². The number of amides is 1. The van der Waals surface area contributed by atoms with Gasteiger partial charge in [0.15, 0.2) is 5.82 Å². The number of nitrogens with zero attached hydrogens (tertiary/aromatic N) is 4. The maximum Gasteiger partial charge on any atom is 0.293 e. The van der Waals surface area contributed by atoms with Crippen molar-refractivity contribution in [2.75, 3.05) is 11.9 Å². The lowest BCUT2D eigenvalue weighted by Gasteiger charge is -2.25. The fourth-order valence-corrected chi connectivity index (χ4v) is 4.01. The van der Waals surface area contributed by atoms with Gasteiger partial charge in [0, 0.05) is 42.1 Å². The van der Waals surface area contributed by atoms with Gasteiger partial charge in [0.05, 0.1) is 17.3 Å². The van der Waals surface area contributed by atoms with Gasteiger partial charge >= 0.3 is 0 Å². The quantitative estimate of drug-likeness (QED) is 0.470. The summed E-state index contributed by atoms with van der Waals surface area (Å²) in [6, 6.07) is 15.3. The highest BCUT2D eigenvalue weighted by molar-refractivity contribution is 5.87. The molecule has 1 aliphatic heterocycles. The zero-order valence-electron chi connectivity index (χ0n) is 17.6. The van der Waals surface area contributed by atoms with E-state index in [4.69, 9.17) is 0 Å². The lowest BCUT2D eigenvalue weighted by molar-refractivity contribution is -0.122. The number of hydrogen-bond acceptors (Lipinski definition) is 6. The Morgan fingerprint density at radius 3 is 2.84 bits per heavy atom. The van der Waals surface area contributed by atoms with Crippen molar-refractivity contribution in [1.82, 2.24) is 24.8 Å². The predicted octanol–water partition coefficient (Wildman–Crippen LogP) is 2.37. The van der Waals surface area contributed by atoms with Gasteiger partial charge in [0.25, 0.3) is 5.56 Å². The summed E-state index contributed by atoms with van der Waals surface area (Å²) < 4.78 is 1.43. The molecule has 2 N–H and O–H groups in total. The molecule has 0 saturated carbocycles. The summed E-state index contributed by atoms with van der Waals surface area (Å²) in [6.07, 6.45) is 4.00. The Kier molecular flexibility index (Phi) is 5.10. The van der Waals surface area contributed by atoms with Crippen molar-refractivity contribution in [2.24, 2.45) is 0 Å². The number of aryl methyl sites for hydroxylation is 1. The van der Waals surface area contributed by atoms with E-state index >= 15 is 0 Å². The van der Waals surface area contributed by atoms with Gasteiger partial charge < -0.3 is 10.6 Å². The molecule has 4 heterocycles. The molecule has 1 amide bonds. The zero-order valence-corrected chi connectivity index (χ0v) is 17.6. The third-order valence-electron chi connectivity index (χ3n) is 5.65. The molecule has 0 radical (unpaired) electrons. The third kappa shape index (κ3) is 3.71. The minimum atomic E-state index is -0.326. The molecule has 160 valence electrons. The lowest BCUT2D eigenvalue weighted by atomic mass is 9.93. The lowest BCUT2D eigenvalue weighted by Crippen LogP contribution is -2.37. The summed E-state index contributed by atoms with van der Waals surface area (Å²) in [5.41, 5.74) is 3.97. The fraction of sp³-hybridized carbons (Fsp3) is 0.208. The summed E-state index contributed by atoms with van der Waals surface area (Å²) in [7, 11) is 0. The Hall–Kier alpha value is -4.07. The molecule has 1 atom stereocenters. The van der Waals surface area contributed by atoms with Gasteiger partial charge in [-0.05, 0) is 36.8 Å². The van der Waals surface area contributed by atoms with Crippen LogP contribution in [0.25, 0.3) is 10.9 Å². The molecular formula is C24H22N6O2. The second-order valence-corrected chi connectivity index (χ2v) is 7.79. The first kappa shape index (κ1) is 19.9. The largest absolute Gasteiger partial charge is 0.365 e. The molecule has 4 bridgehead atoms. The Morgan fingerprint density at radius 1 is 1.09 bits per heavy atom. The number of anilines is 1. The van der Waals surface area contributed by atoms with Crippen molar-refractivity contribution in [1.29, 1.82) is 0 Å². The van der Waals surface area contributed by atoms with Gasteiger partial charge in [-0.2, -0.15) is 0 Å². The van der Waals surface area contributed by atoms with Gasteiger partial charge in [-0.15, -0.1) is 0 Å². The van der Waals surface area contributed by atoms with Crippen LogP contribution in [0.1, 0.15) is 28.7 Å². The highest BCUT2D eigenvalue weighted by Crippen LogP contribution is 2.33. The Labute approximate surface area is 184 Å². The van der Waals surface area contributed by atoms with Crippen LogP contribution < -0.4 is 16.2 Å². The number of aromatic nitrogens is 4. The first-order valence-corrected chi connectivity index (χ1v) is 10.5. The predicted molar refractivity (Wildman–Crippen MR) is 121 cm³/mol. The molecular weight excluding hydrogens is 404 g/mol. The molecule has 0 saturated heterocycles. The van der Waals surface area contributed by atoms with E-state index < -0.39 is 0 Å². The summed E-state index contributed by atoms with van der Waals surface area (Å²) in [5.74, 6) is -0.0367. The van der Waals surface area contributed by atoms with Crippen LogP contribution in [0.15, 0.2) is 65.7 Å². The number of benzene rings is 1. The van der Waals surface area contributed by atoms with Crippen molar-refractivity contribution in [3.8, 4) is 0 Å². The molecule has 0 fully saturated rings. The first-order chi connectivity index (χ1) is 15.6. The molecule has 1 aromatic carbocycles. The van der Waals surface area contributed by atoms with E-state index in [2.05, 4.69) is 25.6 Å². The van der Waals surface area contributed by atoms with E-state index in [0.29, 0.717) is 18.7 Å². The van der Waals surface area contributed by atoms with Crippen LogP contribution in [0, 0.1) is 6.92 Å². The molecule has 1 aliphatic carbocycles. The molecule has 32 heavy (non-hydrogen) atoms. The maximum absolute atomic E-state index is 12.9. The Bertz CT molecular complexity index is 1370. The summed E-state index contributed by atoms with van der Waals surface area (Å²) in [4.78, 5) is 38.9. The number of carbonyl (C=O) groups is 1. The third-order valence-corrected chi connectivity index (χ3v) is 5.65. The van der Waals surface area contributed by atoms with E-state index in [0.717, 1.165) is 27.9 Å². The highest BCUT2D eigenvalue weighted by Gasteiger charge is 2.25. The van der Waals surface area contributed by atoms with Crippen molar-refractivity contribution < 1.29 is 4.79 Å². The van der Waals surface area contributed by atoms with Crippen LogP contribution in [0.3, 0.4) is 0 Å². The van der Waals surface area contributed by atoms with Crippen molar-refractivity contribution in [3.05, 3.63) is 93.9 Å². The second kappa shape index (κ2) is 8.22. The normalized spacial score (nSPS) is 14.1. The average molecular weight is 426 g/mol. The Balaban J connectivity index is 1.28.